The molecule has 140 valence electrons. The zero-order valence-electron chi connectivity index (χ0n) is 14.6. The average molecular weight is 380 g/mol. The molecule has 8 heteroatoms. The van der Waals surface area contributed by atoms with E-state index in [-0.39, 0.29) is 19.6 Å². The van der Waals surface area contributed by atoms with E-state index in [2.05, 4.69) is 5.32 Å². The smallest absolute Gasteiger partial charge is 0.235 e. The topological polar surface area (TPSA) is 75.7 Å². The summed E-state index contributed by atoms with van der Waals surface area (Å²) in [6, 6.07) is 13.0. The zero-order chi connectivity index (χ0) is 19.2. The van der Waals surface area contributed by atoms with Crippen LogP contribution in [0.15, 0.2) is 48.5 Å². The first kappa shape index (κ1) is 19.9. The highest BCUT2D eigenvalue weighted by atomic mass is 32.2. The molecular formula is C18H21FN2O4S. The second-order valence-corrected chi connectivity index (χ2v) is 7.73. The number of nitrogens with one attached hydrogen (secondary N) is 1. The largest absolute Gasteiger partial charge is 0.497 e. The molecule has 2 aromatic carbocycles. The highest BCUT2D eigenvalue weighted by Gasteiger charge is 2.20. The van der Waals surface area contributed by atoms with Crippen LogP contribution in [0.3, 0.4) is 0 Å². The molecule has 0 saturated carbocycles. The summed E-state index contributed by atoms with van der Waals surface area (Å²) < 4.78 is 43.7. The van der Waals surface area contributed by atoms with Crippen molar-refractivity contribution in [1.82, 2.24) is 9.62 Å². The predicted molar refractivity (Wildman–Crippen MR) is 96.5 cm³/mol. The van der Waals surface area contributed by atoms with Crippen LogP contribution < -0.4 is 10.1 Å². The van der Waals surface area contributed by atoms with Crippen molar-refractivity contribution < 1.29 is 22.3 Å². The summed E-state index contributed by atoms with van der Waals surface area (Å²) >= 11 is 0. The third-order valence-corrected chi connectivity index (χ3v) is 4.94. The Labute approximate surface area is 152 Å². The number of ether oxygens (including phenoxy) is 1. The number of methoxy groups -OCH3 is 1. The van der Waals surface area contributed by atoms with Crippen molar-refractivity contribution in [2.24, 2.45) is 0 Å². The van der Waals surface area contributed by atoms with Crippen molar-refractivity contribution >= 4 is 15.9 Å². The number of nitrogens with zero attached hydrogens (tertiary/aromatic N) is 1. The number of rotatable bonds is 8. The Hall–Kier alpha value is -2.45. The third-order valence-electron chi connectivity index (χ3n) is 3.74. The molecule has 1 amide bonds. The summed E-state index contributed by atoms with van der Waals surface area (Å²) in [5.41, 5.74) is 1.06. The number of hydrogen-bond acceptors (Lipinski definition) is 4. The molecule has 0 radical (unpaired) electrons. The lowest BCUT2D eigenvalue weighted by Crippen LogP contribution is -2.39. The lowest BCUT2D eigenvalue weighted by molar-refractivity contribution is -0.121. The van der Waals surface area contributed by atoms with Gasteiger partial charge in [-0.05, 0) is 23.8 Å². The molecule has 1 N–H and O–H groups in total. The minimum absolute atomic E-state index is 0.00829. The van der Waals surface area contributed by atoms with Gasteiger partial charge in [-0.1, -0.05) is 30.3 Å². The molecule has 6 nitrogen and oxygen atoms in total. The van der Waals surface area contributed by atoms with Gasteiger partial charge in [0.1, 0.15) is 11.6 Å². The number of carbonyl (C=O) groups is 1. The van der Waals surface area contributed by atoms with E-state index in [4.69, 9.17) is 4.74 Å². The molecule has 26 heavy (non-hydrogen) atoms. The maximum atomic E-state index is 13.6. The van der Waals surface area contributed by atoms with Crippen molar-refractivity contribution in [3.63, 3.8) is 0 Å². The molecule has 0 spiro atoms. The van der Waals surface area contributed by atoms with Crippen LogP contribution in [0.2, 0.25) is 0 Å². The fourth-order valence-electron chi connectivity index (χ4n) is 2.28. The first-order chi connectivity index (χ1) is 12.3. The summed E-state index contributed by atoms with van der Waals surface area (Å²) in [7, 11) is -2.06. The van der Waals surface area contributed by atoms with Gasteiger partial charge in [-0.15, -0.1) is 0 Å². The van der Waals surface area contributed by atoms with Crippen molar-refractivity contribution in [2.75, 3.05) is 19.9 Å². The average Bonchev–Trinajstić information content (AvgIpc) is 2.60. The van der Waals surface area contributed by atoms with Crippen molar-refractivity contribution in [2.45, 2.75) is 13.1 Å². The van der Waals surface area contributed by atoms with E-state index < -0.39 is 21.7 Å². The fraction of sp³-hybridized carbons (Fsp3) is 0.278. The van der Waals surface area contributed by atoms with Gasteiger partial charge in [0, 0.05) is 18.7 Å². The molecule has 0 aliphatic rings. The lowest BCUT2D eigenvalue weighted by atomic mass is 10.2. The van der Waals surface area contributed by atoms with Gasteiger partial charge in [0.2, 0.25) is 15.9 Å². The molecule has 2 aromatic rings. The number of sulfonamides is 1. The number of carbonyl (C=O) groups excluding carboxylic acids is 1. The second-order valence-electron chi connectivity index (χ2n) is 5.75. The quantitative estimate of drug-likeness (QED) is 0.759. The highest BCUT2D eigenvalue weighted by molar-refractivity contribution is 7.88. The molecule has 0 unspecified atom stereocenters. The Kier molecular flexibility index (Phi) is 6.70. The van der Waals surface area contributed by atoms with E-state index >= 15 is 0 Å². The van der Waals surface area contributed by atoms with E-state index in [9.17, 15) is 17.6 Å². The summed E-state index contributed by atoms with van der Waals surface area (Å²) in [5.74, 6) is -0.277. The van der Waals surface area contributed by atoms with Gasteiger partial charge in [0.25, 0.3) is 0 Å². The second kappa shape index (κ2) is 8.77. The lowest BCUT2D eigenvalue weighted by Gasteiger charge is -2.20. The maximum absolute atomic E-state index is 13.6. The molecule has 0 aromatic heterocycles. The van der Waals surface area contributed by atoms with Gasteiger partial charge < -0.3 is 10.1 Å². The summed E-state index contributed by atoms with van der Waals surface area (Å²) in [6.45, 7) is -0.305. The molecular weight excluding hydrogens is 359 g/mol. The van der Waals surface area contributed by atoms with Crippen LogP contribution in [0, 0.1) is 5.82 Å². The van der Waals surface area contributed by atoms with Crippen LogP contribution in [-0.2, 0) is 27.9 Å². The summed E-state index contributed by atoms with van der Waals surface area (Å²) in [6.07, 6.45) is 1.04. The van der Waals surface area contributed by atoms with Gasteiger partial charge >= 0.3 is 0 Å². The van der Waals surface area contributed by atoms with Crippen molar-refractivity contribution in [1.29, 1.82) is 0 Å². The van der Waals surface area contributed by atoms with Crippen LogP contribution in [0.5, 0.6) is 5.75 Å². The molecule has 0 saturated heterocycles. The Morgan fingerprint density at radius 2 is 1.81 bits per heavy atom. The number of amides is 1. The number of benzene rings is 2. The minimum atomic E-state index is -3.60. The Morgan fingerprint density at radius 1 is 1.15 bits per heavy atom. The highest BCUT2D eigenvalue weighted by Crippen LogP contribution is 2.14. The van der Waals surface area contributed by atoms with Crippen LogP contribution in [0.4, 0.5) is 4.39 Å². The monoisotopic (exact) mass is 380 g/mol. The first-order valence-corrected chi connectivity index (χ1v) is 9.72. The van der Waals surface area contributed by atoms with Gasteiger partial charge in [-0.2, -0.15) is 4.31 Å². The molecule has 0 aliphatic heterocycles. The van der Waals surface area contributed by atoms with E-state index in [0.29, 0.717) is 11.3 Å². The van der Waals surface area contributed by atoms with Gasteiger partial charge in [-0.25, -0.2) is 12.8 Å². The zero-order valence-corrected chi connectivity index (χ0v) is 15.4. The van der Waals surface area contributed by atoms with E-state index in [0.717, 1.165) is 16.1 Å². The van der Waals surface area contributed by atoms with Gasteiger partial charge in [-0.3, -0.25) is 4.79 Å². The SMILES string of the molecule is COc1ccc(CN(CC(=O)NCc2ccccc2F)S(C)(=O)=O)cc1. The predicted octanol–water partition coefficient (Wildman–Crippen LogP) is 1.91. The molecule has 0 aliphatic carbocycles. The van der Waals surface area contributed by atoms with E-state index in [1.54, 1.807) is 42.5 Å². The number of hydrogen-bond donors (Lipinski definition) is 1. The molecule has 0 fully saturated rings. The van der Waals surface area contributed by atoms with Gasteiger partial charge in [0.15, 0.2) is 0 Å². The van der Waals surface area contributed by atoms with E-state index in [1.165, 1.54) is 13.2 Å². The van der Waals surface area contributed by atoms with Crippen molar-refractivity contribution in [3.8, 4) is 5.75 Å². The van der Waals surface area contributed by atoms with Crippen LogP contribution in [-0.4, -0.2) is 38.5 Å². The Morgan fingerprint density at radius 3 is 2.38 bits per heavy atom. The minimum Gasteiger partial charge on any atom is -0.497 e. The number of halogens is 1. The molecule has 2 rings (SSSR count). The van der Waals surface area contributed by atoms with E-state index in [1.807, 2.05) is 0 Å². The standard InChI is InChI=1S/C18H21FN2O4S/c1-25-16-9-7-14(8-10-16)12-21(26(2,23)24)13-18(22)20-11-15-5-3-4-6-17(15)19/h3-10H,11-13H2,1-2H3,(H,20,22). The summed E-state index contributed by atoms with van der Waals surface area (Å²) in [5, 5.41) is 2.54. The van der Waals surface area contributed by atoms with Gasteiger partial charge in [0.05, 0.1) is 19.9 Å². The molecule has 0 atom stereocenters. The third kappa shape index (κ3) is 5.82. The normalized spacial score (nSPS) is 11.4. The Bertz CT molecular complexity index is 854. The van der Waals surface area contributed by atoms with Crippen molar-refractivity contribution in [3.05, 3.63) is 65.5 Å². The van der Waals surface area contributed by atoms with Crippen LogP contribution >= 0.6 is 0 Å². The first-order valence-electron chi connectivity index (χ1n) is 7.88. The fourth-order valence-corrected chi connectivity index (χ4v) is 3.01. The maximum Gasteiger partial charge on any atom is 0.235 e. The molecule has 0 heterocycles. The Balaban J connectivity index is 2.00. The van der Waals surface area contributed by atoms with Crippen LogP contribution in [0.25, 0.3) is 0 Å². The summed E-state index contributed by atoms with van der Waals surface area (Å²) in [4.78, 5) is 12.1. The molecule has 0 bridgehead atoms. The van der Waals surface area contributed by atoms with Crippen LogP contribution in [0.1, 0.15) is 11.1 Å².